The number of carbonyl (C=O) groups is 2. The summed E-state index contributed by atoms with van der Waals surface area (Å²) in [5, 5.41) is 2.78. The van der Waals surface area contributed by atoms with Gasteiger partial charge in [0, 0.05) is 73.5 Å². The fourth-order valence-corrected chi connectivity index (χ4v) is 5.63. The molecule has 0 unspecified atom stereocenters. The van der Waals surface area contributed by atoms with Gasteiger partial charge in [0.05, 0.1) is 11.0 Å². The van der Waals surface area contributed by atoms with E-state index in [1.807, 2.05) is 50.9 Å². The summed E-state index contributed by atoms with van der Waals surface area (Å²) >= 11 is 1.42. The maximum Gasteiger partial charge on any atom is 0.273 e. The van der Waals surface area contributed by atoms with E-state index in [0.717, 1.165) is 35.4 Å². The third-order valence-electron chi connectivity index (χ3n) is 6.95. The maximum atomic E-state index is 13.7. The summed E-state index contributed by atoms with van der Waals surface area (Å²) in [6.45, 7) is 3.41. The number of rotatable bonds is 4. The molecule has 178 valence electrons. The van der Waals surface area contributed by atoms with Gasteiger partial charge in [0.15, 0.2) is 0 Å². The average Bonchev–Trinajstić information content (AvgIpc) is 3.63. The largest absolute Gasteiger partial charge is 0.335 e. The van der Waals surface area contributed by atoms with E-state index in [1.54, 1.807) is 17.0 Å². The topological polar surface area (TPSA) is 61.7 Å². The lowest BCUT2D eigenvalue weighted by Gasteiger charge is -2.37. The first kappa shape index (κ1) is 21.9. The minimum absolute atomic E-state index is 0.0199. The highest BCUT2D eigenvalue weighted by molar-refractivity contribution is 7.07. The molecule has 0 aliphatic carbocycles. The van der Waals surface area contributed by atoms with Gasteiger partial charge >= 0.3 is 0 Å². The van der Waals surface area contributed by atoms with Crippen LogP contribution in [-0.4, -0.2) is 69.9 Å². The highest BCUT2D eigenvalue weighted by atomic mass is 32.1. The molecule has 2 saturated heterocycles. The van der Waals surface area contributed by atoms with Crippen LogP contribution in [0.3, 0.4) is 0 Å². The van der Waals surface area contributed by atoms with Crippen molar-refractivity contribution in [1.82, 2.24) is 19.4 Å². The zero-order valence-corrected chi connectivity index (χ0v) is 19.8. The number of aromatic nitrogens is 2. The number of fused-ring (bicyclic) bond motifs is 1. The molecule has 2 aliphatic rings. The van der Waals surface area contributed by atoms with Crippen molar-refractivity contribution < 1.29 is 14.0 Å². The van der Waals surface area contributed by atoms with Crippen LogP contribution < -0.4 is 4.90 Å². The van der Waals surface area contributed by atoms with Crippen molar-refractivity contribution in [3.05, 3.63) is 77.1 Å². The SMILES string of the molecule is O=C(c1cscn1)N1CCN([C@@H]2CC(=O)N(c3ccc4c(ccn4-c4cccc(F)c4)c3)C2)CC1. The minimum atomic E-state index is -0.275. The van der Waals surface area contributed by atoms with Crippen molar-refractivity contribution in [1.29, 1.82) is 0 Å². The van der Waals surface area contributed by atoms with Gasteiger partial charge in [-0.15, -0.1) is 11.3 Å². The predicted octanol–water partition coefficient (Wildman–Crippen LogP) is 3.79. The van der Waals surface area contributed by atoms with Crippen LogP contribution in [0.1, 0.15) is 16.9 Å². The van der Waals surface area contributed by atoms with Crippen molar-refractivity contribution in [3.63, 3.8) is 0 Å². The van der Waals surface area contributed by atoms with Gasteiger partial charge in [0.2, 0.25) is 5.91 Å². The Morgan fingerprint density at radius 3 is 2.66 bits per heavy atom. The van der Waals surface area contributed by atoms with E-state index in [9.17, 15) is 14.0 Å². The molecule has 7 nitrogen and oxygen atoms in total. The summed E-state index contributed by atoms with van der Waals surface area (Å²) < 4.78 is 15.7. The van der Waals surface area contributed by atoms with Crippen LogP contribution in [0.15, 0.2) is 65.6 Å². The normalized spacial score (nSPS) is 19.1. The van der Waals surface area contributed by atoms with Gasteiger partial charge < -0.3 is 14.4 Å². The number of anilines is 1. The highest BCUT2D eigenvalue weighted by Crippen LogP contribution is 2.30. The van der Waals surface area contributed by atoms with Crippen LogP contribution in [0.5, 0.6) is 0 Å². The first-order chi connectivity index (χ1) is 17.1. The summed E-state index contributed by atoms with van der Waals surface area (Å²) in [7, 11) is 0. The quantitative estimate of drug-likeness (QED) is 0.438. The molecule has 0 bridgehead atoms. The van der Waals surface area contributed by atoms with E-state index in [1.165, 1.54) is 23.5 Å². The number of hydrogen-bond donors (Lipinski definition) is 0. The van der Waals surface area contributed by atoms with Crippen molar-refractivity contribution in [2.75, 3.05) is 37.6 Å². The minimum Gasteiger partial charge on any atom is -0.335 e. The predicted molar refractivity (Wildman–Crippen MR) is 134 cm³/mol. The van der Waals surface area contributed by atoms with E-state index in [0.29, 0.717) is 31.7 Å². The average molecular weight is 490 g/mol. The first-order valence-electron chi connectivity index (χ1n) is 11.7. The van der Waals surface area contributed by atoms with E-state index in [4.69, 9.17) is 0 Å². The van der Waals surface area contributed by atoms with Gasteiger partial charge in [-0.3, -0.25) is 14.5 Å². The Hall–Kier alpha value is -3.56. The number of piperazine rings is 1. The molecule has 2 aromatic heterocycles. The maximum absolute atomic E-state index is 13.7. The zero-order valence-electron chi connectivity index (χ0n) is 19.0. The van der Waals surface area contributed by atoms with Crippen molar-refractivity contribution in [3.8, 4) is 5.69 Å². The van der Waals surface area contributed by atoms with Gasteiger partial charge in [0.25, 0.3) is 5.91 Å². The van der Waals surface area contributed by atoms with Gasteiger partial charge in [-0.05, 0) is 42.5 Å². The van der Waals surface area contributed by atoms with E-state index < -0.39 is 0 Å². The summed E-state index contributed by atoms with van der Waals surface area (Å²) in [6, 6.07) is 14.6. The van der Waals surface area contributed by atoms with E-state index in [-0.39, 0.29) is 23.7 Å². The van der Waals surface area contributed by atoms with Gasteiger partial charge in [0.1, 0.15) is 11.5 Å². The lowest BCUT2D eigenvalue weighted by molar-refractivity contribution is -0.117. The smallest absolute Gasteiger partial charge is 0.273 e. The molecule has 9 heteroatoms. The second-order valence-electron chi connectivity index (χ2n) is 8.97. The molecule has 1 atom stereocenters. The number of hydrogen-bond acceptors (Lipinski definition) is 5. The Bertz CT molecular complexity index is 1390. The highest BCUT2D eigenvalue weighted by Gasteiger charge is 2.36. The summed E-state index contributed by atoms with van der Waals surface area (Å²) in [4.78, 5) is 35.7. The van der Waals surface area contributed by atoms with E-state index in [2.05, 4.69) is 9.88 Å². The lowest BCUT2D eigenvalue weighted by Crippen LogP contribution is -2.52. The summed E-state index contributed by atoms with van der Waals surface area (Å²) in [6.07, 6.45) is 2.40. The molecular weight excluding hydrogens is 465 g/mol. The fourth-order valence-electron chi connectivity index (χ4n) is 5.10. The Morgan fingerprint density at radius 1 is 1.03 bits per heavy atom. The number of nitrogens with zero attached hydrogens (tertiary/aromatic N) is 5. The Labute approximate surface area is 206 Å². The van der Waals surface area contributed by atoms with E-state index >= 15 is 0 Å². The Kier molecular flexibility index (Phi) is 5.58. The number of halogens is 1. The van der Waals surface area contributed by atoms with Crippen molar-refractivity contribution >= 4 is 39.7 Å². The molecule has 2 aromatic carbocycles. The third-order valence-corrected chi connectivity index (χ3v) is 7.53. The monoisotopic (exact) mass is 489 g/mol. The van der Waals surface area contributed by atoms with Crippen LogP contribution in [0.2, 0.25) is 0 Å². The number of carbonyl (C=O) groups excluding carboxylic acids is 2. The van der Waals surface area contributed by atoms with Crippen molar-refractivity contribution in [2.24, 2.45) is 0 Å². The lowest BCUT2D eigenvalue weighted by atomic mass is 10.2. The number of amides is 2. The number of thiazole rings is 1. The molecule has 6 rings (SSSR count). The van der Waals surface area contributed by atoms with Crippen LogP contribution in [-0.2, 0) is 4.79 Å². The van der Waals surface area contributed by atoms with Crippen LogP contribution in [0, 0.1) is 5.82 Å². The molecule has 0 N–H and O–H groups in total. The fraction of sp³-hybridized carbons (Fsp3) is 0.269. The third kappa shape index (κ3) is 4.11. The molecule has 35 heavy (non-hydrogen) atoms. The summed E-state index contributed by atoms with van der Waals surface area (Å²) in [5.41, 5.74) is 4.78. The number of benzene rings is 2. The molecule has 0 saturated carbocycles. The first-order valence-corrected chi connectivity index (χ1v) is 12.6. The van der Waals surface area contributed by atoms with Crippen LogP contribution in [0.4, 0.5) is 10.1 Å². The van der Waals surface area contributed by atoms with Crippen LogP contribution >= 0.6 is 11.3 Å². The van der Waals surface area contributed by atoms with Gasteiger partial charge in [-0.2, -0.15) is 0 Å². The van der Waals surface area contributed by atoms with Crippen molar-refractivity contribution in [2.45, 2.75) is 12.5 Å². The zero-order chi connectivity index (χ0) is 23.9. The Balaban J connectivity index is 1.14. The molecule has 2 aliphatic heterocycles. The van der Waals surface area contributed by atoms with Crippen LogP contribution in [0.25, 0.3) is 16.6 Å². The Morgan fingerprint density at radius 2 is 1.89 bits per heavy atom. The standard InChI is InChI=1S/C26H24FN5O2S/c27-19-2-1-3-20(13-19)31-7-6-18-12-21(4-5-24(18)31)32-15-22(14-25(32)33)29-8-10-30(11-9-29)26(34)23-16-35-17-28-23/h1-7,12-13,16-17,22H,8-11,14-15H2/t22-/m1/s1. The molecule has 4 heterocycles. The molecular formula is C26H24FN5O2S. The second kappa shape index (κ2) is 8.90. The van der Waals surface area contributed by atoms with Gasteiger partial charge in [-0.25, -0.2) is 9.37 Å². The van der Waals surface area contributed by atoms with Gasteiger partial charge in [-0.1, -0.05) is 6.07 Å². The molecule has 2 fully saturated rings. The molecule has 2 amide bonds. The second-order valence-corrected chi connectivity index (χ2v) is 9.69. The summed E-state index contributed by atoms with van der Waals surface area (Å²) in [5.74, 6) is -0.184. The molecule has 4 aromatic rings. The molecule has 0 spiro atoms. The molecule has 0 radical (unpaired) electrons.